The molecule has 0 radical (unpaired) electrons. The highest BCUT2D eigenvalue weighted by molar-refractivity contribution is 5.90. The molecule has 0 aliphatic carbocycles. The molecular weight excluding hydrogens is 294 g/mol. The van der Waals surface area contributed by atoms with Crippen LogP contribution < -0.4 is 0 Å². The van der Waals surface area contributed by atoms with Crippen molar-refractivity contribution in [2.45, 2.75) is 57.7 Å². The molecule has 132 valence electrons. The Morgan fingerprint density at radius 2 is 1.87 bits per heavy atom. The number of carbonyl (C=O) groups excluding carboxylic acids is 1. The van der Waals surface area contributed by atoms with Gasteiger partial charge in [0.25, 0.3) is 5.91 Å². The van der Waals surface area contributed by atoms with Crippen molar-refractivity contribution in [3.8, 4) is 0 Å². The first kappa shape index (κ1) is 18.4. The highest BCUT2D eigenvalue weighted by Gasteiger charge is 2.51. The highest BCUT2D eigenvalue weighted by atomic mass is 16.5. The average molecular weight is 325 g/mol. The second kappa shape index (κ2) is 7.77. The minimum Gasteiger partial charge on any atom is -0.383 e. The molecule has 2 rings (SSSR count). The molecule has 0 N–H and O–H groups in total. The maximum atomic E-state index is 13.5. The molecule has 0 unspecified atom stereocenters. The predicted molar refractivity (Wildman–Crippen MR) is 89.3 cm³/mol. The molecular formula is C18H31NO4. The van der Waals surface area contributed by atoms with Crippen molar-refractivity contribution in [2.75, 3.05) is 34.0 Å². The zero-order chi connectivity index (χ0) is 17.0. The smallest absolute Gasteiger partial charge is 0.259 e. The van der Waals surface area contributed by atoms with E-state index < -0.39 is 5.60 Å². The monoisotopic (exact) mass is 325 g/mol. The highest BCUT2D eigenvalue weighted by Crippen LogP contribution is 2.38. The number of carbonyl (C=O) groups is 1. The summed E-state index contributed by atoms with van der Waals surface area (Å²) in [7, 11) is 3.38. The molecule has 2 aliphatic rings. The fourth-order valence-electron chi connectivity index (χ4n) is 3.91. The third-order valence-electron chi connectivity index (χ3n) is 4.97. The largest absolute Gasteiger partial charge is 0.383 e. The van der Waals surface area contributed by atoms with Gasteiger partial charge in [-0.15, -0.1) is 0 Å². The van der Waals surface area contributed by atoms with Crippen molar-refractivity contribution in [1.82, 2.24) is 4.90 Å². The predicted octanol–water partition coefficient (Wildman–Crippen LogP) is 2.40. The Hall–Kier alpha value is -0.910. The van der Waals surface area contributed by atoms with E-state index in [-0.39, 0.29) is 18.0 Å². The van der Waals surface area contributed by atoms with Gasteiger partial charge in [-0.25, -0.2) is 0 Å². The summed E-state index contributed by atoms with van der Waals surface area (Å²) >= 11 is 0. The summed E-state index contributed by atoms with van der Waals surface area (Å²) in [6.07, 6.45) is 4.65. The summed E-state index contributed by atoms with van der Waals surface area (Å²) in [5.74, 6) is 0.462. The number of methoxy groups -OCH3 is 2. The van der Waals surface area contributed by atoms with Gasteiger partial charge in [0, 0.05) is 14.2 Å². The molecule has 5 nitrogen and oxygen atoms in total. The van der Waals surface area contributed by atoms with Crippen LogP contribution in [-0.2, 0) is 19.0 Å². The third-order valence-corrected chi connectivity index (χ3v) is 4.97. The lowest BCUT2D eigenvalue weighted by Crippen LogP contribution is -2.56. The Morgan fingerprint density at radius 3 is 2.26 bits per heavy atom. The Balaban J connectivity index is 2.30. The van der Waals surface area contributed by atoms with E-state index in [0.717, 1.165) is 18.4 Å². The first-order chi connectivity index (χ1) is 11.0. The molecule has 0 aromatic carbocycles. The van der Waals surface area contributed by atoms with Gasteiger partial charge in [-0.05, 0) is 37.7 Å². The van der Waals surface area contributed by atoms with Crippen LogP contribution >= 0.6 is 0 Å². The number of likely N-dealkylation sites (tertiary alicyclic amines) is 1. The summed E-state index contributed by atoms with van der Waals surface area (Å²) in [5, 5.41) is 0. The minimum atomic E-state index is -0.809. The lowest BCUT2D eigenvalue weighted by molar-refractivity contribution is -0.157. The molecule has 2 aliphatic heterocycles. The van der Waals surface area contributed by atoms with E-state index in [0.29, 0.717) is 32.2 Å². The number of ether oxygens (including phenoxy) is 3. The molecule has 0 bridgehead atoms. The standard InChI is InChI=1S/C18H31NO4/c1-13(2)10-18(14(3)8-9-23-18)17(20)19-15(11-21-4)6-7-16(19)12-22-5/h8,13,15-16H,6-7,9-12H2,1-5H3/t15-,16-,18-/m0/s1. The first-order valence-electron chi connectivity index (χ1n) is 8.58. The fraction of sp³-hybridized carbons (Fsp3) is 0.833. The van der Waals surface area contributed by atoms with Crippen LogP contribution in [0.1, 0.15) is 40.0 Å². The topological polar surface area (TPSA) is 48.0 Å². The summed E-state index contributed by atoms with van der Waals surface area (Å²) < 4.78 is 16.7. The third kappa shape index (κ3) is 3.62. The normalized spacial score (nSPS) is 31.0. The lowest BCUT2D eigenvalue weighted by Gasteiger charge is -2.39. The minimum absolute atomic E-state index is 0.0825. The quantitative estimate of drug-likeness (QED) is 0.675. The number of hydrogen-bond acceptors (Lipinski definition) is 4. The second-order valence-corrected chi connectivity index (χ2v) is 7.13. The molecule has 23 heavy (non-hydrogen) atoms. The van der Waals surface area contributed by atoms with E-state index in [9.17, 15) is 4.79 Å². The first-order valence-corrected chi connectivity index (χ1v) is 8.58. The summed E-state index contributed by atoms with van der Waals surface area (Å²) in [4.78, 5) is 15.5. The van der Waals surface area contributed by atoms with E-state index in [1.807, 2.05) is 17.9 Å². The van der Waals surface area contributed by atoms with Gasteiger partial charge in [0.2, 0.25) is 0 Å². The molecule has 0 aromatic rings. The van der Waals surface area contributed by atoms with Gasteiger partial charge in [-0.1, -0.05) is 19.9 Å². The van der Waals surface area contributed by atoms with Gasteiger partial charge in [0.05, 0.1) is 31.9 Å². The molecule has 0 saturated carbocycles. The maximum Gasteiger partial charge on any atom is 0.259 e. The molecule has 0 aromatic heterocycles. The zero-order valence-electron chi connectivity index (χ0n) is 15.1. The lowest BCUT2D eigenvalue weighted by atomic mass is 9.85. The van der Waals surface area contributed by atoms with Crippen LogP contribution in [0.4, 0.5) is 0 Å². The van der Waals surface area contributed by atoms with Crippen LogP contribution in [0.25, 0.3) is 0 Å². The van der Waals surface area contributed by atoms with Crippen molar-refractivity contribution >= 4 is 5.91 Å². The Kier molecular flexibility index (Phi) is 6.23. The van der Waals surface area contributed by atoms with E-state index in [1.165, 1.54) is 0 Å². The average Bonchev–Trinajstić information content (AvgIpc) is 3.04. The van der Waals surface area contributed by atoms with Gasteiger partial charge in [0.15, 0.2) is 5.60 Å². The van der Waals surface area contributed by atoms with Crippen LogP contribution in [0.2, 0.25) is 0 Å². The van der Waals surface area contributed by atoms with Crippen molar-refractivity contribution in [3.63, 3.8) is 0 Å². The molecule has 1 amide bonds. The molecule has 5 heteroatoms. The molecule has 2 heterocycles. The van der Waals surface area contributed by atoms with Crippen LogP contribution in [0.3, 0.4) is 0 Å². The van der Waals surface area contributed by atoms with Crippen LogP contribution in [0.5, 0.6) is 0 Å². The second-order valence-electron chi connectivity index (χ2n) is 7.13. The number of nitrogens with zero attached hydrogens (tertiary/aromatic N) is 1. The summed E-state index contributed by atoms with van der Waals surface area (Å²) in [6.45, 7) is 7.92. The van der Waals surface area contributed by atoms with Crippen LogP contribution in [0.15, 0.2) is 11.6 Å². The van der Waals surface area contributed by atoms with Crippen molar-refractivity contribution < 1.29 is 19.0 Å². The van der Waals surface area contributed by atoms with E-state index >= 15 is 0 Å². The van der Waals surface area contributed by atoms with Gasteiger partial charge in [-0.3, -0.25) is 4.79 Å². The Morgan fingerprint density at radius 1 is 1.30 bits per heavy atom. The zero-order valence-corrected chi connectivity index (χ0v) is 15.1. The maximum absolute atomic E-state index is 13.5. The Labute approximate surface area is 140 Å². The number of amides is 1. The molecule has 1 fully saturated rings. The SMILES string of the molecule is COC[C@@H]1CC[C@@H](COC)N1C(=O)[C@@]1(CC(C)C)OCC=C1C. The molecule has 1 saturated heterocycles. The number of hydrogen-bond donors (Lipinski definition) is 0. The van der Waals surface area contributed by atoms with Crippen LogP contribution in [0, 0.1) is 5.92 Å². The van der Waals surface area contributed by atoms with Gasteiger partial charge >= 0.3 is 0 Å². The van der Waals surface area contributed by atoms with Gasteiger partial charge in [-0.2, -0.15) is 0 Å². The molecule has 0 spiro atoms. The number of rotatable bonds is 7. The van der Waals surface area contributed by atoms with Crippen molar-refractivity contribution in [3.05, 3.63) is 11.6 Å². The van der Waals surface area contributed by atoms with Crippen molar-refractivity contribution in [2.24, 2.45) is 5.92 Å². The van der Waals surface area contributed by atoms with E-state index in [2.05, 4.69) is 13.8 Å². The summed E-state index contributed by atoms with van der Waals surface area (Å²) in [5.41, 5.74) is 0.228. The van der Waals surface area contributed by atoms with Gasteiger partial charge < -0.3 is 19.1 Å². The molecule has 3 atom stereocenters. The summed E-state index contributed by atoms with van der Waals surface area (Å²) in [6, 6.07) is 0.211. The Bertz CT molecular complexity index is 434. The fourth-order valence-corrected chi connectivity index (χ4v) is 3.91. The van der Waals surface area contributed by atoms with Crippen molar-refractivity contribution in [1.29, 1.82) is 0 Å². The van der Waals surface area contributed by atoms with Crippen LogP contribution in [-0.4, -0.2) is 62.5 Å². The van der Waals surface area contributed by atoms with Gasteiger partial charge in [0.1, 0.15) is 0 Å². The van der Waals surface area contributed by atoms with E-state index in [1.54, 1.807) is 14.2 Å². The van der Waals surface area contributed by atoms with E-state index in [4.69, 9.17) is 14.2 Å².